The molecule has 0 amide bonds. The fourth-order valence-electron chi connectivity index (χ4n) is 2.36. The summed E-state index contributed by atoms with van der Waals surface area (Å²) >= 11 is 0. The SMILES string of the molecule is CCC1CCCCC1/C=C(/C)C(=O)O. The van der Waals surface area contributed by atoms with E-state index in [1.807, 2.05) is 6.08 Å². The van der Waals surface area contributed by atoms with Crippen LogP contribution >= 0.6 is 0 Å². The molecule has 2 nitrogen and oxygen atoms in total. The molecule has 1 aliphatic rings. The molecule has 0 aromatic carbocycles. The smallest absolute Gasteiger partial charge is 0.330 e. The predicted octanol–water partition coefficient (Wildman–Crippen LogP) is 3.23. The predicted molar refractivity (Wildman–Crippen MR) is 57.1 cm³/mol. The van der Waals surface area contributed by atoms with Gasteiger partial charge < -0.3 is 5.11 Å². The second-order valence-electron chi connectivity index (χ2n) is 4.27. The van der Waals surface area contributed by atoms with E-state index < -0.39 is 5.97 Å². The fourth-order valence-corrected chi connectivity index (χ4v) is 2.36. The zero-order valence-electron chi connectivity index (χ0n) is 9.12. The number of rotatable bonds is 3. The van der Waals surface area contributed by atoms with Crippen LogP contribution in [0.5, 0.6) is 0 Å². The van der Waals surface area contributed by atoms with Crippen molar-refractivity contribution in [2.45, 2.75) is 46.0 Å². The Labute approximate surface area is 86.0 Å². The highest BCUT2D eigenvalue weighted by atomic mass is 16.4. The van der Waals surface area contributed by atoms with Gasteiger partial charge in [0, 0.05) is 5.57 Å². The Bertz CT molecular complexity index is 230. The number of carbonyl (C=O) groups is 1. The summed E-state index contributed by atoms with van der Waals surface area (Å²) in [5.74, 6) is 0.438. The summed E-state index contributed by atoms with van der Waals surface area (Å²) in [7, 11) is 0. The number of carboxylic acids is 1. The molecule has 0 heterocycles. The number of carboxylic acid groups (broad SMARTS) is 1. The first-order chi connectivity index (χ1) is 6.65. The number of aliphatic carboxylic acids is 1. The summed E-state index contributed by atoms with van der Waals surface area (Å²) in [6.45, 7) is 3.90. The normalized spacial score (nSPS) is 28.9. The van der Waals surface area contributed by atoms with Crippen molar-refractivity contribution in [2.24, 2.45) is 11.8 Å². The lowest BCUT2D eigenvalue weighted by atomic mass is 9.77. The van der Waals surface area contributed by atoms with Crippen molar-refractivity contribution in [3.63, 3.8) is 0 Å². The first-order valence-corrected chi connectivity index (χ1v) is 5.56. The molecule has 0 bridgehead atoms. The molecule has 2 unspecified atom stereocenters. The van der Waals surface area contributed by atoms with E-state index in [2.05, 4.69) is 6.92 Å². The minimum Gasteiger partial charge on any atom is -0.478 e. The average Bonchev–Trinajstić information content (AvgIpc) is 2.18. The highest BCUT2D eigenvalue weighted by Gasteiger charge is 2.22. The van der Waals surface area contributed by atoms with Crippen molar-refractivity contribution >= 4 is 5.97 Å². The summed E-state index contributed by atoms with van der Waals surface area (Å²) in [5, 5.41) is 8.80. The standard InChI is InChI=1S/C12H20O2/c1-3-10-6-4-5-7-11(10)8-9(2)12(13)14/h8,10-11H,3-7H2,1-2H3,(H,13,14)/b9-8-. The minimum atomic E-state index is -0.773. The number of hydrogen-bond donors (Lipinski definition) is 1. The van der Waals surface area contributed by atoms with E-state index in [1.54, 1.807) is 6.92 Å². The van der Waals surface area contributed by atoms with Gasteiger partial charge in [0.25, 0.3) is 0 Å². The molecule has 14 heavy (non-hydrogen) atoms. The Morgan fingerprint density at radius 3 is 2.64 bits per heavy atom. The van der Waals surface area contributed by atoms with Crippen LogP contribution in [0.3, 0.4) is 0 Å². The Morgan fingerprint density at radius 1 is 1.43 bits per heavy atom. The van der Waals surface area contributed by atoms with E-state index in [-0.39, 0.29) is 0 Å². The lowest BCUT2D eigenvalue weighted by Gasteiger charge is -2.28. The van der Waals surface area contributed by atoms with Crippen LogP contribution in [0, 0.1) is 11.8 Å². The third-order valence-corrected chi connectivity index (χ3v) is 3.29. The van der Waals surface area contributed by atoms with E-state index >= 15 is 0 Å². The molecule has 0 spiro atoms. The maximum atomic E-state index is 10.7. The van der Waals surface area contributed by atoms with Crippen molar-refractivity contribution < 1.29 is 9.90 Å². The van der Waals surface area contributed by atoms with Gasteiger partial charge in [-0.15, -0.1) is 0 Å². The van der Waals surface area contributed by atoms with Gasteiger partial charge >= 0.3 is 5.97 Å². The van der Waals surface area contributed by atoms with E-state index in [9.17, 15) is 4.79 Å². The Balaban J connectivity index is 2.64. The molecular formula is C12H20O2. The summed E-state index contributed by atoms with van der Waals surface area (Å²) in [5.41, 5.74) is 0.510. The van der Waals surface area contributed by atoms with Gasteiger partial charge in [0.15, 0.2) is 0 Å². The van der Waals surface area contributed by atoms with E-state index in [0.29, 0.717) is 17.4 Å². The van der Waals surface area contributed by atoms with Crippen molar-refractivity contribution in [1.29, 1.82) is 0 Å². The Hall–Kier alpha value is -0.790. The lowest BCUT2D eigenvalue weighted by molar-refractivity contribution is -0.132. The molecule has 0 aromatic rings. The van der Waals surface area contributed by atoms with E-state index in [4.69, 9.17) is 5.11 Å². The van der Waals surface area contributed by atoms with Gasteiger partial charge in [0.05, 0.1) is 0 Å². The van der Waals surface area contributed by atoms with Crippen LogP contribution in [0.1, 0.15) is 46.0 Å². The first kappa shape index (κ1) is 11.3. The Kier molecular flexibility index (Phi) is 4.18. The van der Waals surface area contributed by atoms with Crippen LogP contribution in [0.25, 0.3) is 0 Å². The van der Waals surface area contributed by atoms with Crippen molar-refractivity contribution in [3.05, 3.63) is 11.6 Å². The average molecular weight is 196 g/mol. The molecule has 1 fully saturated rings. The van der Waals surface area contributed by atoms with Gasteiger partial charge in [-0.05, 0) is 31.6 Å². The molecule has 1 rings (SSSR count). The highest BCUT2D eigenvalue weighted by Crippen LogP contribution is 2.33. The second-order valence-corrected chi connectivity index (χ2v) is 4.27. The van der Waals surface area contributed by atoms with Crippen molar-refractivity contribution in [1.82, 2.24) is 0 Å². The van der Waals surface area contributed by atoms with Crippen LogP contribution in [0.2, 0.25) is 0 Å². The molecule has 0 aliphatic heterocycles. The summed E-state index contributed by atoms with van der Waals surface area (Å²) < 4.78 is 0. The minimum absolute atomic E-state index is 0.504. The molecule has 2 heteroatoms. The molecule has 80 valence electrons. The first-order valence-electron chi connectivity index (χ1n) is 5.56. The van der Waals surface area contributed by atoms with Gasteiger partial charge in [-0.25, -0.2) is 4.79 Å². The molecule has 1 aliphatic carbocycles. The summed E-state index contributed by atoms with van der Waals surface area (Å²) in [6, 6.07) is 0. The number of allylic oxidation sites excluding steroid dienone is 1. The van der Waals surface area contributed by atoms with E-state index in [0.717, 1.165) is 0 Å². The summed E-state index contributed by atoms with van der Waals surface area (Å²) in [6.07, 6.45) is 8.15. The zero-order chi connectivity index (χ0) is 10.6. The van der Waals surface area contributed by atoms with Crippen molar-refractivity contribution in [3.8, 4) is 0 Å². The number of hydrogen-bond acceptors (Lipinski definition) is 1. The third kappa shape index (κ3) is 2.86. The molecule has 0 radical (unpaired) electrons. The lowest BCUT2D eigenvalue weighted by Crippen LogP contribution is -2.18. The van der Waals surface area contributed by atoms with E-state index in [1.165, 1.54) is 32.1 Å². The monoisotopic (exact) mass is 196 g/mol. The van der Waals surface area contributed by atoms with Gasteiger partial charge in [-0.2, -0.15) is 0 Å². The molecule has 1 saturated carbocycles. The molecular weight excluding hydrogens is 176 g/mol. The zero-order valence-corrected chi connectivity index (χ0v) is 9.12. The van der Waals surface area contributed by atoms with Gasteiger partial charge in [-0.3, -0.25) is 0 Å². The Morgan fingerprint density at radius 2 is 2.07 bits per heavy atom. The molecule has 0 aromatic heterocycles. The fraction of sp³-hybridized carbons (Fsp3) is 0.750. The molecule has 2 atom stereocenters. The van der Waals surface area contributed by atoms with Crippen LogP contribution in [0.4, 0.5) is 0 Å². The quantitative estimate of drug-likeness (QED) is 0.703. The third-order valence-electron chi connectivity index (χ3n) is 3.29. The maximum absolute atomic E-state index is 10.7. The topological polar surface area (TPSA) is 37.3 Å². The largest absolute Gasteiger partial charge is 0.478 e. The summed E-state index contributed by atoms with van der Waals surface area (Å²) in [4.78, 5) is 10.7. The van der Waals surface area contributed by atoms with Gasteiger partial charge in [0.2, 0.25) is 0 Å². The molecule has 1 N–H and O–H groups in total. The van der Waals surface area contributed by atoms with Crippen LogP contribution in [-0.2, 0) is 4.79 Å². The second kappa shape index (κ2) is 5.18. The van der Waals surface area contributed by atoms with Crippen LogP contribution < -0.4 is 0 Å². The highest BCUT2D eigenvalue weighted by molar-refractivity contribution is 5.85. The van der Waals surface area contributed by atoms with Crippen LogP contribution in [0.15, 0.2) is 11.6 Å². The van der Waals surface area contributed by atoms with Gasteiger partial charge in [-0.1, -0.05) is 32.3 Å². The molecule has 0 saturated heterocycles. The van der Waals surface area contributed by atoms with Crippen LogP contribution in [-0.4, -0.2) is 11.1 Å². The van der Waals surface area contributed by atoms with Crippen molar-refractivity contribution in [2.75, 3.05) is 0 Å². The van der Waals surface area contributed by atoms with Gasteiger partial charge in [0.1, 0.15) is 0 Å². The maximum Gasteiger partial charge on any atom is 0.330 e.